The molecular formula is C54H48FN9O4. The van der Waals surface area contributed by atoms with Gasteiger partial charge in [0.25, 0.3) is 5.91 Å². The van der Waals surface area contributed by atoms with Crippen LogP contribution in [0.15, 0.2) is 158 Å². The third kappa shape index (κ3) is 10.1. The quantitative estimate of drug-likeness (QED) is 0.129. The van der Waals surface area contributed by atoms with Crippen molar-refractivity contribution in [3.63, 3.8) is 0 Å². The smallest absolute Gasteiger partial charge is 0.411 e. The summed E-state index contributed by atoms with van der Waals surface area (Å²) in [6.45, 7) is 2.92. The molecular weight excluding hydrogens is 858 g/mol. The predicted molar refractivity (Wildman–Crippen MR) is 263 cm³/mol. The number of aromatic nitrogens is 4. The Hall–Kier alpha value is -8.26. The number of fused-ring (bicyclic) bond motifs is 2. The molecule has 340 valence electrons. The summed E-state index contributed by atoms with van der Waals surface area (Å²) >= 11 is 0. The van der Waals surface area contributed by atoms with Crippen LogP contribution in [0.25, 0.3) is 44.3 Å². The van der Waals surface area contributed by atoms with E-state index in [0.29, 0.717) is 75.6 Å². The summed E-state index contributed by atoms with van der Waals surface area (Å²) in [4.78, 5) is 65.1. The van der Waals surface area contributed by atoms with Crippen molar-refractivity contribution in [3.8, 4) is 22.3 Å². The molecule has 0 saturated carbocycles. The summed E-state index contributed by atoms with van der Waals surface area (Å²) in [5.74, 6) is 0.883. The predicted octanol–water partition coefficient (Wildman–Crippen LogP) is 9.67. The second-order valence-electron chi connectivity index (χ2n) is 17.0. The van der Waals surface area contributed by atoms with Crippen molar-refractivity contribution in [1.29, 1.82) is 0 Å². The Morgan fingerprint density at radius 2 is 1.07 bits per heavy atom. The normalized spacial score (nSPS) is 14.7. The fourth-order valence-electron chi connectivity index (χ4n) is 8.62. The van der Waals surface area contributed by atoms with Crippen LogP contribution in [0, 0.1) is 0 Å². The number of carbonyl (C=O) groups excluding carboxylic acids is 3. The fraction of sp³-hybridized carbons (Fsp3) is 0.204. The van der Waals surface area contributed by atoms with Crippen LogP contribution in [0.4, 0.5) is 32.2 Å². The van der Waals surface area contributed by atoms with Crippen LogP contribution in [-0.2, 0) is 20.7 Å². The van der Waals surface area contributed by atoms with Crippen LogP contribution in [0.1, 0.15) is 30.1 Å². The second kappa shape index (κ2) is 19.7. The molecule has 1 unspecified atom stereocenters. The average molecular weight is 906 g/mol. The lowest BCUT2D eigenvalue weighted by atomic mass is 10.0. The maximum absolute atomic E-state index is 13.9. The number of benzene rings is 6. The Balaban J connectivity index is 0.757. The third-order valence-corrected chi connectivity index (χ3v) is 12.4. The largest absolute Gasteiger partial charge is 0.431 e. The van der Waals surface area contributed by atoms with Gasteiger partial charge in [-0.15, -0.1) is 0 Å². The van der Waals surface area contributed by atoms with Crippen molar-refractivity contribution in [2.75, 3.05) is 59.7 Å². The number of rotatable bonds is 11. The minimum Gasteiger partial charge on any atom is -0.431 e. The van der Waals surface area contributed by atoms with E-state index in [1.54, 1.807) is 41.6 Å². The highest BCUT2D eigenvalue weighted by molar-refractivity contribution is 5.96. The molecule has 2 fully saturated rings. The van der Waals surface area contributed by atoms with Gasteiger partial charge in [-0.2, -0.15) is 0 Å². The minimum absolute atomic E-state index is 0.0762. The van der Waals surface area contributed by atoms with E-state index in [1.807, 2.05) is 121 Å². The Morgan fingerprint density at radius 3 is 1.63 bits per heavy atom. The van der Waals surface area contributed by atoms with Crippen molar-refractivity contribution in [2.24, 2.45) is 0 Å². The molecule has 8 aromatic rings. The van der Waals surface area contributed by atoms with E-state index in [2.05, 4.69) is 30.4 Å². The molecule has 2 N–H and O–H groups in total. The number of halogens is 1. The molecule has 2 saturated heterocycles. The number of ether oxygens (including phenoxy) is 1. The van der Waals surface area contributed by atoms with Crippen molar-refractivity contribution < 1.29 is 23.5 Å². The zero-order valence-electron chi connectivity index (χ0n) is 37.2. The van der Waals surface area contributed by atoms with Crippen LogP contribution in [0.5, 0.6) is 0 Å². The molecule has 6 aromatic carbocycles. The average Bonchev–Trinajstić information content (AvgIpc) is 3.38. The van der Waals surface area contributed by atoms with Gasteiger partial charge in [0.15, 0.2) is 0 Å². The van der Waals surface area contributed by atoms with E-state index < -0.39 is 24.3 Å². The number of amides is 3. The van der Waals surface area contributed by atoms with Gasteiger partial charge in [0.1, 0.15) is 17.8 Å². The van der Waals surface area contributed by atoms with Crippen LogP contribution >= 0.6 is 0 Å². The summed E-state index contributed by atoms with van der Waals surface area (Å²) in [6.07, 6.45) is 2.22. The highest BCUT2D eigenvalue weighted by Gasteiger charge is 2.30. The molecule has 2 aliphatic heterocycles. The number of piperazine rings is 1. The zero-order valence-corrected chi connectivity index (χ0v) is 37.2. The molecule has 14 heteroatoms. The molecule has 3 amide bonds. The minimum atomic E-state index is -1.19. The Morgan fingerprint density at radius 1 is 0.574 bits per heavy atom. The number of nitrogens with one attached hydrogen (secondary N) is 2. The lowest BCUT2D eigenvalue weighted by molar-refractivity contribution is -0.125. The van der Waals surface area contributed by atoms with Crippen molar-refractivity contribution >= 4 is 63.0 Å². The van der Waals surface area contributed by atoms with Crippen LogP contribution in [-0.4, -0.2) is 88.2 Å². The highest BCUT2D eigenvalue weighted by Crippen LogP contribution is 2.30. The van der Waals surface area contributed by atoms with Crippen molar-refractivity contribution in [2.45, 2.75) is 31.5 Å². The SMILES string of the molecule is O=C(Cc1ccccc1)Nc1ccc(-c2ccc3ncc(N4CCN(C(=O)OC(C(=O)Nc5ccc(-c6ccc7ncc(N8CCC(F)CC8)nc7c6)cc5)c5ccccc5)CC4)nc3c2)cc1. The Labute approximate surface area is 392 Å². The first-order valence-corrected chi connectivity index (χ1v) is 22.8. The number of hydrogen-bond donors (Lipinski definition) is 2. The lowest BCUT2D eigenvalue weighted by Crippen LogP contribution is -2.49. The van der Waals surface area contributed by atoms with Crippen molar-refractivity contribution in [1.82, 2.24) is 24.8 Å². The number of carbonyl (C=O) groups is 3. The van der Waals surface area contributed by atoms with Crippen LogP contribution < -0.4 is 20.4 Å². The molecule has 2 aliphatic rings. The zero-order chi connectivity index (χ0) is 46.4. The van der Waals surface area contributed by atoms with Gasteiger partial charge in [0.05, 0.1) is 40.9 Å². The van der Waals surface area contributed by atoms with Gasteiger partial charge in [-0.3, -0.25) is 19.6 Å². The van der Waals surface area contributed by atoms with E-state index in [9.17, 15) is 18.8 Å². The van der Waals surface area contributed by atoms with Gasteiger partial charge in [0.2, 0.25) is 12.0 Å². The first-order chi connectivity index (χ1) is 33.3. The van der Waals surface area contributed by atoms with E-state index in [4.69, 9.17) is 14.7 Å². The molecule has 0 spiro atoms. The summed E-state index contributed by atoms with van der Waals surface area (Å²) in [6, 6.07) is 45.7. The number of alkyl halides is 1. The fourth-order valence-corrected chi connectivity index (χ4v) is 8.62. The molecule has 10 rings (SSSR count). The maximum atomic E-state index is 13.9. The molecule has 0 bridgehead atoms. The summed E-state index contributed by atoms with van der Waals surface area (Å²) in [7, 11) is 0. The molecule has 1 atom stereocenters. The van der Waals surface area contributed by atoms with Gasteiger partial charge < -0.3 is 30.1 Å². The van der Waals surface area contributed by atoms with E-state index in [-0.39, 0.29) is 5.91 Å². The number of piperidine rings is 1. The van der Waals surface area contributed by atoms with Crippen LogP contribution in [0.3, 0.4) is 0 Å². The molecule has 4 heterocycles. The first kappa shape index (κ1) is 43.6. The number of hydrogen-bond acceptors (Lipinski definition) is 10. The van der Waals surface area contributed by atoms with Gasteiger partial charge in [-0.1, -0.05) is 97.1 Å². The second-order valence-corrected chi connectivity index (χ2v) is 17.0. The van der Waals surface area contributed by atoms with E-state index in [1.165, 1.54) is 0 Å². The van der Waals surface area contributed by atoms with Gasteiger partial charge in [-0.05, 0) is 89.2 Å². The topological polar surface area (TPSA) is 146 Å². The lowest BCUT2D eigenvalue weighted by Gasteiger charge is -2.35. The molecule has 68 heavy (non-hydrogen) atoms. The summed E-state index contributed by atoms with van der Waals surface area (Å²) in [5.41, 5.74) is 9.57. The van der Waals surface area contributed by atoms with Crippen LogP contribution in [0.2, 0.25) is 0 Å². The standard InChI is InChI=1S/C54H48FN9O4/c55-42-23-25-62(26-24-42)49-34-56-45-21-16-41(32-47(45)60-49)38-13-19-44(20-14-38)59-53(66)52(39-9-5-2-6-10-39)68-54(67)64-29-27-63(28-30-64)50-35-57-46-22-15-40(33-48(46)61-50)37-11-17-43(18-12-37)58-51(65)31-36-7-3-1-4-8-36/h1-22,32-35,42,52H,23-31H2,(H,58,65)(H,59,66). The summed E-state index contributed by atoms with van der Waals surface area (Å²) < 4.78 is 19.7. The third-order valence-electron chi connectivity index (χ3n) is 12.4. The first-order valence-electron chi connectivity index (χ1n) is 22.8. The molecule has 2 aromatic heterocycles. The number of anilines is 4. The molecule has 13 nitrogen and oxygen atoms in total. The number of nitrogens with zero attached hydrogens (tertiary/aromatic N) is 7. The summed E-state index contributed by atoms with van der Waals surface area (Å²) in [5, 5.41) is 5.92. The van der Waals surface area contributed by atoms with Gasteiger partial charge in [-0.25, -0.2) is 19.2 Å². The van der Waals surface area contributed by atoms with Gasteiger partial charge in [0, 0.05) is 56.2 Å². The highest BCUT2D eigenvalue weighted by atomic mass is 19.1. The van der Waals surface area contributed by atoms with E-state index >= 15 is 0 Å². The molecule has 0 radical (unpaired) electrons. The van der Waals surface area contributed by atoms with E-state index in [0.717, 1.165) is 61.4 Å². The monoisotopic (exact) mass is 905 g/mol. The molecule has 0 aliphatic carbocycles. The van der Waals surface area contributed by atoms with Gasteiger partial charge >= 0.3 is 6.09 Å². The Kier molecular flexibility index (Phi) is 12.6. The maximum Gasteiger partial charge on any atom is 0.411 e. The Bertz CT molecular complexity index is 3070. The van der Waals surface area contributed by atoms with Crippen molar-refractivity contribution in [3.05, 3.63) is 169 Å².